The Balaban J connectivity index is 1.27. The van der Waals surface area contributed by atoms with Crippen molar-refractivity contribution in [2.24, 2.45) is 0 Å². The molecule has 5 nitrogen and oxygen atoms in total. The maximum Gasteiger partial charge on any atom is 0.407 e. The third kappa shape index (κ3) is 4.95. The van der Waals surface area contributed by atoms with Crippen molar-refractivity contribution in [3.05, 3.63) is 35.9 Å². The summed E-state index contributed by atoms with van der Waals surface area (Å²) in [6, 6.07) is 11.2. The van der Waals surface area contributed by atoms with Crippen molar-refractivity contribution in [1.29, 1.82) is 0 Å². The van der Waals surface area contributed by atoms with E-state index in [-0.39, 0.29) is 12.1 Å². The van der Waals surface area contributed by atoms with Gasteiger partial charge in [-0.2, -0.15) is 0 Å². The van der Waals surface area contributed by atoms with Gasteiger partial charge >= 0.3 is 6.09 Å². The molecule has 132 valence electrons. The summed E-state index contributed by atoms with van der Waals surface area (Å²) in [6.07, 6.45) is 5.65. The van der Waals surface area contributed by atoms with Crippen LogP contribution in [0.1, 0.15) is 37.7 Å². The zero-order valence-electron chi connectivity index (χ0n) is 14.5. The molecule has 0 radical (unpaired) electrons. The quantitative estimate of drug-likeness (QED) is 0.841. The first-order chi connectivity index (χ1) is 11.7. The lowest BCUT2D eigenvalue weighted by Gasteiger charge is -2.39. The van der Waals surface area contributed by atoms with Gasteiger partial charge in [-0.15, -0.1) is 0 Å². The van der Waals surface area contributed by atoms with Crippen LogP contribution in [0.3, 0.4) is 0 Å². The van der Waals surface area contributed by atoms with Crippen molar-refractivity contribution in [3.63, 3.8) is 0 Å². The van der Waals surface area contributed by atoms with Gasteiger partial charge < -0.3 is 20.3 Å². The van der Waals surface area contributed by atoms with Crippen LogP contribution in [0.25, 0.3) is 0 Å². The van der Waals surface area contributed by atoms with Gasteiger partial charge in [0.05, 0.1) is 0 Å². The second-order valence-corrected chi connectivity index (χ2v) is 7.11. The summed E-state index contributed by atoms with van der Waals surface area (Å²) in [5, 5.41) is 6.60. The number of nitrogens with one attached hydrogen (secondary N) is 2. The van der Waals surface area contributed by atoms with Crippen molar-refractivity contribution in [3.8, 4) is 0 Å². The normalized spacial score (nSPS) is 27.3. The van der Waals surface area contributed by atoms with Gasteiger partial charge in [0, 0.05) is 24.7 Å². The molecule has 1 saturated heterocycles. The zero-order valence-corrected chi connectivity index (χ0v) is 14.5. The van der Waals surface area contributed by atoms with Crippen LogP contribution in [0.4, 0.5) is 4.79 Å². The smallest absolute Gasteiger partial charge is 0.407 e. The molecule has 3 rings (SSSR count). The molecule has 1 aromatic carbocycles. The van der Waals surface area contributed by atoms with E-state index in [1.54, 1.807) is 0 Å². The lowest BCUT2D eigenvalue weighted by molar-refractivity contribution is 0.122. The topological polar surface area (TPSA) is 53.6 Å². The van der Waals surface area contributed by atoms with Crippen LogP contribution < -0.4 is 10.6 Å². The van der Waals surface area contributed by atoms with Gasteiger partial charge in [-0.3, -0.25) is 0 Å². The van der Waals surface area contributed by atoms with Crippen LogP contribution in [-0.2, 0) is 11.3 Å². The standard InChI is InChI=1S/C19H29N3O2/c1-22-10-6-5-9-18(22)13-20-16-11-17(12-16)21-19(23)24-14-15-7-3-2-4-8-15/h2-4,7-8,16-18,20H,5-6,9-14H2,1H3,(H,21,23). The Morgan fingerprint density at radius 3 is 2.75 bits per heavy atom. The van der Waals surface area contributed by atoms with E-state index in [1.807, 2.05) is 30.3 Å². The van der Waals surface area contributed by atoms with Crippen molar-refractivity contribution in [1.82, 2.24) is 15.5 Å². The van der Waals surface area contributed by atoms with E-state index in [0.29, 0.717) is 18.7 Å². The molecule has 1 aromatic rings. The fourth-order valence-electron chi connectivity index (χ4n) is 3.54. The number of alkyl carbamates (subject to hydrolysis) is 1. The number of carbonyl (C=O) groups excluding carboxylic acids is 1. The molecule has 1 aliphatic heterocycles. The Morgan fingerprint density at radius 1 is 1.21 bits per heavy atom. The molecule has 0 aromatic heterocycles. The van der Waals surface area contributed by atoms with Crippen LogP contribution in [0.15, 0.2) is 30.3 Å². The zero-order chi connectivity index (χ0) is 16.8. The first kappa shape index (κ1) is 17.2. The third-order valence-electron chi connectivity index (χ3n) is 5.24. The monoisotopic (exact) mass is 331 g/mol. The Labute approximate surface area is 144 Å². The Kier molecular flexibility index (Phi) is 6.10. The van der Waals surface area contributed by atoms with Crippen molar-refractivity contribution >= 4 is 6.09 Å². The maximum absolute atomic E-state index is 11.8. The largest absolute Gasteiger partial charge is 0.445 e. The van der Waals surface area contributed by atoms with Crippen LogP contribution in [0.5, 0.6) is 0 Å². The summed E-state index contributed by atoms with van der Waals surface area (Å²) in [4.78, 5) is 14.3. The molecule has 1 amide bonds. The molecule has 24 heavy (non-hydrogen) atoms. The van der Waals surface area contributed by atoms with Crippen LogP contribution >= 0.6 is 0 Å². The SMILES string of the molecule is CN1CCCCC1CNC1CC(NC(=O)OCc2ccccc2)C1. The molecule has 2 fully saturated rings. The van der Waals surface area contributed by atoms with Crippen LogP contribution in [0.2, 0.25) is 0 Å². The molecule has 2 N–H and O–H groups in total. The van der Waals surface area contributed by atoms with Crippen molar-refractivity contribution in [2.45, 2.75) is 56.8 Å². The first-order valence-corrected chi connectivity index (χ1v) is 9.11. The van der Waals surface area contributed by atoms with E-state index in [9.17, 15) is 4.79 Å². The molecular weight excluding hydrogens is 302 g/mol. The predicted molar refractivity (Wildman–Crippen MR) is 94.8 cm³/mol. The van der Waals surface area contributed by atoms with Gasteiger partial charge in [-0.25, -0.2) is 4.79 Å². The van der Waals surface area contributed by atoms with E-state index in [1.165, 1.54) is 25.8 Å². The van der Waals surface area contributed by atoms with Crippen LogP contribution in [0, 0.1) is 0 Å². The first-order valence-electron chi connectivity index (χ1n) is 9.11. The van der Waals surface area contributed by atoms with Gasteiger partial charge in [0.25, 0.3) is 0 Å². The van der Waals surface area contributed by atoms with Gasteiger partial charge in [-0.1, -0.05) is 36.8 Å². The minimum Gasteiger partial charge on any atom is -0.445 e. The van der Waals surface area contributed by atoms with Gasteiger partial charge in [0.1, 0.15) is 6.61 Å². The van der Waals surface area contributed by atoms with Gasteiger partial charge in [0.2, 0.25) is 0 Å². The van der Waals surface area contributed by atoms with Gasteiger partial charge in [-0.05, 0) is 44.8 Å². The highest BCUT2D eigenvalue weighted by Gasteiger charge is 2.31. The van der Waals surface area contributed by atoms with E-state index in [2.05, 4.69) is 22.6 Å². The summed E-state index contributed by atoms with van der Waals surface area (Å²) in [5.74, 6) is 0. The minimum absolute atomic E-state index is 0.245. The summed E-state index contributed by atoms with van der Waals surface area (Å²) in [7, 11) is 2.22. The molecule has 1 unspecified atom stereocenters. The second kappa shape index (κ2) is 8.49. The molecule has 0 spiro atoms. The highest BCUT2D eigenvalue weighted by atomic mass is 16.5. The number of likely N-dealkylation sites (N-methyl/N-ethyl adjacent to an activating group) is 1. The van der Waals surface area contributed by atoms with E-state index in [0.717, 1.165) is 24.9 Å². The summed E-state index contributed by atoms with van der Waals surface area (Å²) in [6.45, 7) is 2.61. The maximum atomic E-state index is 11.8. The number of rotatable bonds is 6. The lowest BCUT2D eigenvalue weighted by atomic mass is 9.86. The molecule has 1 saturated carbocycles. The Hall–Kier alpha value is -1.59. The van der Waals surface area contributed by atoms with Crippen molar-refractivity contribution in [2.75, 3.05) is 20.1 Å². The van der Waals surface area contributed by atoms with Crippen LogP contribution in [-0.4, -0.2) is 49.3 Å². The molecule has 2 aliphatic rings. The number of likely N-dealkylation sites (tertiary alicyclic amines) is 1. The molecule has 5 heteroatoms. The number of ether oxygens (including phenoxy) is 1. The fraction of sp³-hybridized carbons (Fsp3) is 0.632. The molecule has 1 heterocycles. The molecule has 1 atom stereocenters. The Morgan fingerprint density at radius 2 is 2.00 bits per heavy atom. The Bertz CT molecular complexity index is 517. The summed E-state index contributed by atoms with van der Waals surface area (Å²) < 4.78 is 5.26. The highest BCUT2D eigenvalue weighted by molar-refractivity contribution is 5.67. The third-order valence-corrected chi connectivity index (χ3v) is 5.24. The van der Waals surface area contributed by atoms with E-state index < -0.39 is 0 Å². The number of piperidine rings is 1. The number of nitrogens with zero attached hydrogens (tertiary/aromatic N) is 1. The average molecular weight is 331 g/mol. The second-order valence-electron chi connectivity index (χ2n) is 7.11. The number of hydrogen-bond acceptors (Lipinski definition) is 4. The summed E-state index contributed by atoms with van der Waals surface area (Å²) in [5.41, 5.74) is 1.01. The number of carbonyl (C=O) groups is 1. The van der Waals surface area contributed by atoms with E-state index in [4.69, 9.17) is 4.74 Å². The summed E-state index contributed by atoms with van der Waals surface area (Å²) >= 11 is 0. The fourth-order valence-corrected chi connectivity index (χ4v) is 3.54. The molecular formula is C19H29N3O2. The number of hydrogen-bond donors (Lipinski definition) is 2. The average Bonchev–Trinajstić information content (AvgIpc) is 2.57. The predicted octanol–water partition coefficient (Wildman–Crippen LogP) is 2.52. The van der Waals surface area contributed by atoms with E-state index >= 15 is 0 Å². The van der Waals surface area contributed by atoms with Gasteiger partial charge in [0.15, 0.2) is 0 Å². The van der Waals surface area contributed by atoms with Crippen molar-refractivity contribution < 1.29 is 9.53 Å². The number of benzene rings is 1. The molecule has 1 aliphatic carbocycles. The highest BCUT2D eigenvalue weighted by Crippen LogP contribution is 2.21. The number of amides is 1. The minimum atomic E-state index is -0.311. The lowest BCUT2D eigenvalue weighted by Crippen LogP contribution is -2.55. The molecule has 0 bridgehead atoms.